The summed E-state index contributed by atoms with van der Waals surface area (Å²) in [6, 6.07) is 9.80. The summed E-state index contributed by atoms with van der Waals surface area (Å²) in [5, 5.41) is 11.9. The molecular formula is C26H21Cl4F3N2O5. The lowest BCUT2D eigenvalue weighted by Crippen LogP contribution is -2.54. The van der Waals surface area contributed by atoms with Crippen molar-refractivity contribution in [2.75, 3.05) is 32.8 Å². The average Bonchev–Trinajstić information content (AvgIpc) is 2.90. The Morgan fingerprint density at radius 3 is 1.77 bits per heavy atom. The smallest absolute Gasteiger partial charge is 0.475 e. The van der Waals surface area contributed by atoms with Crippen molar-refractivity contribution >= 4 is 76.2 Å². The van der Waals surface area contributed by atoms with E-state index < -0.39 is 18.2 Å². The first-order valence-electron chi connectivity index (χ1n) is 11.5. The van der Waals surface area contributed by atoms with Crippen LogP contribution >= 0.6 is 46.4 Å². The minimum Gasteiger partial charge on any atom is -0.475 e. The number of carbonyl (C=O) groups excluding carboxylic acids is 2. The van der Waals surface area contributed by atoms with Crippen LogP contribution in [0.1, 0.15) is 11.1 Å². The molecule has 0 radical (unpaired) electrons. The molecule has 2 aromatic carbocycles. The molecule has 2 N–H and O–H groups in total. The predicted octanol–water partition coefficient (Wildman–Crippen LogP) is 5.80. The Hall–Kier alpha value is -2.60. The Morgan fingerprint density at radius 2 is 1.40 bits per heavy atom. The summed E-state index contributed by atoms with van der Waals surface area (Å²) in [7, 11) is 0. The molecule has 2 aromatic rings. The third-order valence-corrected chi connectivity index (χ3v) is 7.13. The molecule has 14 heteroatoms. The van der Waals surface area contributed by atoms with E-state index in [1.165, 1.54) is 0 Å². The summed E-state index contributed by atoms with van der Waals surface area (Å²) in [6.07, 6.45) is -1.62. The summed E-state index contributed by atoms with van der Waals surface area (Å²) in [5.41, 5.74) is 2.37. The van der Waals surface area contributed by atoms with Gasteiger partial charge in [-0.05, 0) is 47.5 Å². The van der Waals surface area contributed by atoms with Crippen molar-refractivity contribution in [1.29, 1.82) is 0 Å². The zero-order valence-electron chi connectivity index (χ0n) is 20.4. The fourth-order valence-electron chi connectivity index (χ4n) is 3.75. The number of nitrogens with one attached hydrogen (secondary N) is 1. The minimum atomic E-state index is -5.08. The van der Waals surface area contributed by atoms with Crippen LogP contribution in [-0.4, -0.2) is 72.7 Å². The lowest BCUT2D eigenvalue weighted by atomic mass is 9.93. The van der Waals surface area contributed by atoms with Crippen molar-refractivity contribution in [3.8, 4) is 0 Å². The van der Waals surface area contributed by atoms with E-state index in [1.54, 1.807) is 53.5 Å². The van der Waals surface area contributed by atoms with Gasteiger partial charge in [0, 0.05) is 30.8 Å². The van der Waals surface area contributed by atoms with Gasteiger partial charge in [0.05, 0.1) is 33.3 Å². The molecular weight excluding hydrogens is 619 g/mol. The lowest BCUT2D eigenvalue weighted by Gasteiger charge is -2.34. The second-order valence-electron chi connectivity index (χ2n) is 8.59. The summed E-state index contributed by atoms with van der Waals surface area (Å²) >= 11 is 24.3. The molecule has 0 bridgehead atoms. The van der Waals surface area contributed by atoms with E-state index in [1.807, 2.05) is 0 Å². The molecule has 7 nitrogen and oxygen atoms in total. The van der Waals surface area contributed by atoms with Crippen LogP contribution < -0.4 is 5.32 Å². The molecule has 2 fully saturated rings. The average molecular weight is 640 g/mol. The number of amides is 1. The highest BCUT2D eigenvalue weighted by Crippen LogP contribution is 2.28. The number of aliphatic carboxylic acids is 1. The van der Waals surface area contributed by atoms with Crippen LogP contribution in [0.2, 0.25) is 20.1 Å². The zero-order valence-corrected chi connectivity index (χ0v) is 23.4. The third kappa shape index (κ3) is 8.70. The zero-order chi connectivity index (χ0) is 29.6. The van der Waals surface area contributed by atoms with Crippen molar-refractivity contribution in [3.05, 3.63) is 78.8 Å². The molecule has 0 aromatic heterocycles. The van der Waals surface area contributed by atoms with Crippen LogP contribution in [-0.2, 0) is 19.1 Å². The number of morpholine rings is 1. The second-order valence-corrected chi connectivity index (χ2v) is 10.2. The van der Waals surface area contributed by atoms with Crippen molar-refractivity contribution in [2.45, 2.75) is 12.2 Å². The first kappa shape index (κ1) is 31.9. The fourth-order valence-corrected chi connectivity index (χ4v) is 4.36. The largest absolute Gasteiger partial charge is 0.490 e. The van der Waals surface area contributed by atoms with Crippen LogP contribution in [0.3, 0.4) is 0 Å². The van der Waals surface area contributed by atoms with Gasteiger partial charge in [-0.15, -0.1) is 0 Å². The van der Waals surface area contributed by atoms with E-state index >= 15 is 0 Å². The molecule has 1 atom stereocenters. The Labute approximate surface area is 247 Å². The predicted molar refractivity (Wildman–Crippen MR) is 147 cm³/mol. The number of likely N-dealkylation sites (tertiary alicyclic amines) is 1. The van der Waals surface area contributed by atoms with Gasteiger partial charge in [0.1, 0.15) is 6.04 Å². The SMILES string of the molecule is O=C(O)C(F)(F)F.O=C1/C(=C/c2ccc(Cl)c(Cl)c2)CN(C(=O)C2COCCN2)C/C1=C\c1ccc(Cl)c(Cl)c1. The Bertz CT molecular complexity index is 1280. The first-order valence-corrected chi connectivity index (χ1v) is 13.0. The van der Waals surface area contributed by atoms with E-state index in [0.717, 1.165) is 11.1 Å². The van der Waals surface area contributed by atoms with Crippen molar-refractivity contribution in [3.63, 3.8) is 0 Å². The van der Waals surface area contributed by atoms with Gasteiger partial charge in [-0.2, -0.15) is 13.2 Å². The Balaban J connectivity index is 0.000000559. The lowest BCUT2D eigenvalue weighted by molar-refractivity contribution is -0.192. The number of benzene rings is 2. The normalized spacial score (nSPS) is 19.8. The van der Waals surface area contributed by atoms with Gasteiger partial charge >= 0.3 is 12.1 Å². The number of alkyl halides is 3. The molecule has 2 heterocycles. The van der Waals surface area contributed by atoms with Gasteiger partial charge in [-0.25, -0.2) is 4.79 Å². The molecule has 0 saturated carbocycles. The number of ketones is 1. The minimum absolute atomic E-state index is 0.123. The summed E-state index contributed by atoms with van der Waals surface area (Å²) in [5.74, 6) is -3.03. The van der Waals surface area contributed by atoms with Crippen LogP contribution in [0.4, 0.5) is 13.2 Å². The van der Waals surface area contributed by atoms with Gasteiger partial charge < -0.3 is 20.1 Å². The highest BCUT2D eigenvalue weighted by atomic mass is 35.5. The van der Waals surface area contributed by atoms with E-state index in [9.17, 15) is 22.8 Å². The summed E-state index contributed by atoms with van der Waals surface area (Å²) in [6.45, 7) is 1.80. The number of carboxylic acids is 1. The number of nitrogens with zero attached hydrogens (tertiary/aromatic N) is 1. The number of halogens is 7. The topological polar surface area (TPSA) is 95.9 Å². The molecule has 1 amide bonds. The number of carboxylic acid groups (broad SMARTS) is 1. The van der Waals surface area contributed by atoms with Crippen molar-refractivity contribution in [2.24, 2.45) is 0 Å². The number of ether oxygens (including phenoxy) is 1. The maximum atomic E-state index is 13.3. The van der Waals surface area contributed by atoms with Gasteiger partial charge in [-0.1, -0.05) is 58.5 Å². The quantitative estimate of drug-likeness (QED) is 0.412. The number of piperidine rings is 1. The maximum Gasteiger partial charge on any atom is 0.490 e. The highest BCUT2D eigenvalue weighted by Gasteiger charge is 2.38. The van der Waals surface area contributed by atoms with Crippen LogP contribution in [0.15, 0.2) is 47.5 Å². The van der Waals surface area contributed by atoms with Crippen molar-refractivity contribution in [1.82, 2.24) is 10.2 Å². The third-order valence-electron chi connectivity index (χ3n) is 5.65. The maximum absolute atomic E-state index is 13.3. The summed E-state index contributed by atoms with van der Waals surface area (Å²) in [4.78, 5) is 37.1. The van der Waals surface area contributed by atoms with E-state index in [4.69, 9.17) is 61.0 Å². The van der Waals surface area contributed by atoms with Gasteiger partial charge in [0.25, 0.3) is 0 Å². The molecule has 40 heavy (non-hydrogen) atoms. The van der Waals surface area contributed by atoms with Crippen LogP contribution in [0.5, 0.6) is 0 Å². The van der Waals surface area contributed by atoms with Crippen LogP contribution in [0.25, 0.3) is 12.2 Å². The first-order chi connectivity index (χ1) is 18.8. The summed E-state index contributed by atoms with van der Waals surface area (Å²) < 4.78 is 37.2. The molecule has 0 aliphatic carbocycles. The van der Waals surface area contributed by atoms with Gasteiger partial charge in [0.15, 0.2) is 5.78 Å². The standard InChI is InChI=1S/C24H20Cl4N2O3.C2HF3O2/c25-18-3-1-14(9-20(18)27)7-16-11-30(24(32)22-13-33-6-5-29-22)12-17(23(16)31)8-15-2-4-19(26)21(28)10-15;3-2(4,5)1(6)7/h1-4,7-10,22,29H,5-6,11-13H2;(H,6,7)/b16-7+,17-8+;. The van der Waals surface area contributed by atoms with Gasteiger partial charge in [-0.3, -0.25) is 9.59 Å². The van der Waals surface area contributed by atoms with Gasteiger partial charge in [0.2, 0.25) is 5.91 Å². The molecule has 2 aliphatic rings. The molecule has 214 valence electrons. The Kier molecular flexibility index (Phi) is 11.0. The molecule has 2 aliphatic heterocycles. The number of Topliss-reactive ketones (excluding diaryl/α,β-unsaturated/α-hetero) is 1. The van der Waals surface area contributed by atoms with E-state index in [-0.39, 0.29) is 24.8 Å². The Morgan fingerprint density at radius 1 is 0.925 bits per heavy atom. The van der Waals surface area contributed by atoms with Crippen LogP contribution in [0, 0.1) is 0 Å². The number of carbonyl (C=O) groups is 3. The molecule has 4 rings (SSSR count). The fraction of sp³-hybridized carbons (Fsp3) is 0.269. The molecule has 1 unspecified atom stereocenters. The molecule has 2 saturated heterocycles. The van der Waals surface area contributed by atoms with E-state index in [2.05, 4.69) is 5.32 Å². The molecule has 0 spiro atoms. The van der Waals surface area contributed by atoms with Crippen molar-refractivity contribution < 1.29 is 37.4 Å². The van der Waals surface area contributed by atoms with E-state index in [0.29, 0.717) is 51.0 Å². The number of hydrogen-bond acceptors (Lipinski definition) is 5. The number of rotatable bonds is 3. The monoisotopic (exact) mass is 638 g/mol. The highest BCUT2D eigenvalue weighted by molar-refractivity contribution is 6.42. The second kappa shape index (κ2) is 13.8. The number of hydrogen-bond donors (Lipinski definition) is 2.